The highest BCUT2D eigenvalue weighted by Crippen LogP contribution is 2.20. The number of hydrogen-bond acceptors (Lipinski definition) is 2. The summed E-state index contributed by atoms with van der Waals surface area (Å²) < 4.78 is 26.2. The molecule has 0 spiro atoms. The maximum Gasteiger partial charge on any atom is 0.138 e. The van der Waals surface area contributed by atoms with Crippen molar-refractivity contribution >= 4 is 21.6 Å². The molecule has 0 aromatic heterocycles. The molecule has 1 aromatic rings. The standard InChI is InChI=1S/C8H7BrF2N2/c1-4(13-12)5-2-8(11)6(9)3-7(5)10/h2-3H,12H2,1H3/b13-4+. The molecule has 1 rings (SSSR count). The summed E-state index contributed by atoms with van der Waals surface area (Å²) in [6, 6.07) is 2.09. The van der Waals surface area contributed by atoms with Crippen molar-refractivity contribution in [3.63, 3.8) is 0 Å². The molecule has 0 atom stereocenters. The molecule has 1 aromatic carbocycles. The molecule has 0 unspecified atom stereocenters. The molecule has 0 amide bonds. The number of rotatable bonds is 1. The lowest BCUT2D eigenvalue weighted by molar-refractivity contribution is 0.592. The average Bonchev–Trinajstić information content (AvgIpc) is 2.10. The largest absolute Gasteiger partial charge is 0.323 e. The Kier molecular flexibility index (Phi) is 2.98. The second-order valence-electron chi connectivity index (χ2n) is 2.46. The van der Waals surface area contributed by atoms with Gasteiger partial charge in [0.05, 0.1) is 10.2 Å². The van der Waals surface area contributed by atoms with Crippen LogP contribution in [0.3, 0.4) is 0 Å². The van der Waals surface area contributed by atoms with Gasteiger partial charge in [-0.05, 0) is 35.0 Å². The van der Waals surface area contributed by atoms with E-state index in [1.165, 1.54) is 6.92 Å². The Hall–Kier alpha value is -0.970. The number of nitrogens with two attached hydrogens (primary N) is 1. The predicted molar refractivity (Wildman–Crippen MR) is 50.5 cm³/mol. The van der Waals surface area contributed by atoms with Gasteiger partial charge in [-0.3, -0.25) is 0 Å². The van der Waals surface area contributed by atoms with E-state index in [-0.39, 0.29) is 15.7 Å². The van der Waals surface area contributed by atoms with E-state index in [9.17, 15) is 8.78 Å². The third kappa shape index (κ3) is 2.03. The van der Waals surface area contributed by atoms with Crippen LogP contribution in [0.2, 0.25) is 0 Å². The third-order valence-electron chi connectivity index (χ3n) is 1.59. The first kappa shape index (κ1) is 10.1. The minimum Gasteiger partial charge on any atom is -0.323 e. The number of hydrazone groups is 1. The summed E-state index contributed by atoms with van der Waals surface area (Å²) in [4.78, 5) is 0. The SMILES string of the molecule is C/C(=N\N)c1cc(F)c(Br)cc1F. The van der Waals surface area contributed by atoms with E-state index in [1.807, 2.05) is 0 Å². The molecule has 0 aliphatic carbocycles. The second kappa shape index (κ2) is 3.83. The van der Waals surface area contributed by atoms with Gasteiger partial charge in [0.15, 0.2) is 0 Å². The van der Waals surface area contributed by atoms with Crippen LogP contribution in [0, 0.1) is 11.6 Å². The van der Waals surface area contributed by atoms with E-state index in [1.54, 1.807) is 0 Å². The molecule has 0 bridgehead atoms. The fraction of sp³-hybridized carbons (Fsp3) is 0.125. The Balaban J connectivity index is 3.32. The summed E-state index contributed by atoms with van der Waals surface area (Å²) in [7, 11) is 0. The zero-order valence-electron chi connectivity index (χ0n) is 6.81. The summed E-state index contributed by atoms with van der Waals surface area (Å²) in [5, 5.41) is 3.29. The van der Waals surface area contributed by atoms with Crippen LogP contribution in [0.1, 0.15) is 12.5 Å². The Labute approximate surface area is 82.6 Å². The molecule has 5 heteroatoms. The van der Waals surface area contributed by atoms with Crippen LogP contribution >= 0.6 is 15.9 Å². The molecule has 2 N–H and O–H groups in total. The Bertz CT molecular complexity index is 363. The lowest BCUT2D eigenvalue weighted by Crippen LogP contribution is -2.03. The number of benzene rings is 1. The van der Waals surface area contributed by atoms with Crippen molar-refractivity contribution in [2.75, 3.05) is 0 Å². The maximum atomic E-state index is 13.1. The van der Waals surface area contributed by atoms with Crippen LogP contribution < -0.4 is 5.84 Å². The van der Waals surface area contributed by atoms with E-state index in [2.05, 4.69) is 21.0 Å². The molecule has 0 saturated carbocycles. The number of hydrogen-bond donors (Lipinski definition) is 1. The van der Waals surface area contributed by atoms with Gasteiger partial charge in [-0.15, -0.1) is 0 Å². The maximum absolute atomic E-state index is 13.1. The van der Waals surface area contributed by atoms with Crippen molar-refractivity contribution in [1.82, 2.24) is 0 Å². The minimum absolute atomic E-state index is 0.0724. The topological polar surface area (TPSA) is 38.4 Å². The van der Waals surface area contributed by atoms with Crippen LogP contribution in [0.4, 0.5) is 8.78 Å². The lowest BCUT2D eigenvalue weighted by Gasteiger charge is -2.02. The van der Waals surface area contributed by atoms with E-state index < -0.39 is 11.6 Å². The highest BCUT2D eigenvalue weighted by Gasteiger charge is 2.09. The fourth-order valence-corrected chi connectivity index (χ4v) is 1.18. The number of halogens is 3. The molecule has 0 aliphatic rings. The van der Waals surface area contributed by atoms with Crippen molar-refractivity contribution in [3.05, 3.63) is 33.8 Å². The van der Waals surface area contributed by atoms with Crippen molar-refractivity contribution in [3.8, 4) is 0 Å². The first-order chi connectivity index (χ1) is 6.06. The minimum atomic E-state index is -0.556. The van der Waals surface area contributed by atoms with Gasteiger partial charge in [-0.2, -0.15) is 5.10 Å². The van der Waals surface area contributed by atoms with Crippen molar-refractivity contribution in [2.45, 2.75) is 6.92 Å². The van der Waals surface area contributed by atoms with E-state index in [0.717, 1.165) is 12.1 Å². The van der Waals surface area contributed by atoms with Gasteiger partial charge in [0, 0.05) is 5.56 Å². The summed E-state index contributed by atoms with van der Waals surface area (Å²) >= 11 is 2.87. The summed E-state index contributed by atoms with van der Waals surface area (Å²) in [6.07, 6.45) is 0. The monoisotopic (exact) mass is 248 g/mol. The Morgan fingerprint density at radius 2 is 2.00 bits per heavy atom. The number of nitrogens with zero attached hydrogens (tertiary/aromatic N) is 1. The smallest absolute Gasteiger partial charge is 0.138 e. The average molecular weight is 249 g/mol. The van der Waals surface area contributed by atoms with E-state index in [4.69, 9.17) is 5.84 Å². The van der Waals surface area contributed by atoms with Gasteiger partial charge < -0.3 is 5.84 Å². The fourth-order valence-electron chi connectivity index (χ4n) is 0.869. The third-order valence-corrected chi connectivity index (χ3v) is 2.20. The normalized spacial score (nSPS) is 11.8. The Morgan fingerprint density at radius 3 is 2.54 bits per heavy atom. The molecular formula is C8H7BrF2N2. The highest BCUT2D eigenvalue weighted by atomic mass is 79.9. The molecule has 0 radical (unpaired) electrons. The van der Waals surface area contributed by atoms with Crippen molar-refractivity contribution in [1.29, 1.82) is 0 Å². The second-order valence-corrected chi connectivity index (χ2v) is 3.32. The molecule has 70 valence electrons. The van der Waals surface area contributed by atoms with Crippen LogP contribution in [-0.2, 0) is 0 Å². The van der Waals surface area contributed by atoms with E-state index in [0.29, 0.717) is 0 Å². The van der Waals surface area contributed by atoms with Gasteiger partial charge in [-0.1, -0.05) is 0 Å². The summed E-state index contributed by atoms with van der Waals surface area (Å²) in [5.74, 6) is 3.85. The van der Waals surface area contributed by atoms with Gasteiger partial charge in [0.25, 0.3) is 0 Å². The first-order valence-corrected chi connectivity index (χ1v) is 4.25. The van der Waals surface area contributed by atoms with Crippen LogP contribution in [-0.4, -0.2) is 5.71 Å². The molecule has 0 aliphatic heterocycles. The zero-order valence-corrected chi connectivity index (χ0v) is 8.40. The molecule has 0 fully saturated rings. The van der Waals surface area contributed by atoms with E-state index >= 15 is 0 Å². The molecular weight excluding hydrogens is 242 g/mol. The zero-order chi connectivity index (χ0) is 10.0. The molecule has 0 heterocycles. The molecule has 2 nitrogen and oxygen atoms in total. The Morgan fingerprint density at radius 1 is 1.38 bits per heavy atom. The lowest BCUT2D eigenvalue weighted by atomic mass is 10.1. The van der Waals surface area contributed by atoms with Gasteiger partial charge in [0.1, 0.15) is 11.6 Å². The predicted octanol–water partition coefficient (Wildman–Crippen LogP) is 2.41. The quantitative estimate of drug-likeness (QED) is 0.353. The molecule has 13 heavy (non-hydrogen) atoms. The highest BCUT2D eigenvalue weighted by molar-refractivity contribution is 9.10. The summed E-state index contributed by atoms with van der Waals surface area (Å²) in [5.41, 5.74) is 0.326. The molecule has 0 saturated heterocycles. The van der Waals surface area contributed by atoms with Crippen LogP contribution in [0.15, 0.2) is 21.7 Å². The first-order valence-electron chi connectivity index (χ1n) is 3.45. The van der Waals surface area contributed by atoms with Gasteiger partial charge >= 0.3 is 0 Å². The van der Waals surface area contributed by atoms with Crippen molar-refractivity contribution in [2.24, 2.45) is 10.9 Å². The van der Waals surface area contributed by atoms with Crippen LogP contribution in [0.5, 0.6) is 0 Å². The van der Waals surface area contributed by atoms with Gasteiger partial charge in [-0.25, -0.2) is 8.78 Å². The van der Waals surface area contributed by atoms with Crippen molar-refractivity contribution < 1.29 is 8.78 Å². The van der Waals surface area contributed by atoms with Crippen LogP contribution in [0.25, 0.3) is 0 Å². The van der Waals surface area contributed by atoms with Gasteiger partial charge in [0.2, 0.25) is 0 Å². The summed E-state index contributed by atoms with van der Waals surface area (Å²) in [6.45, 7) is 1.51.